The van der Waals surface area contributed by atoms with Gasteiger partial charge in [0.1, 0.15) is 17.1 Å². The zero-order valence-electron chi connectivity index (χ0n) is 8.36. The minimum atomic E-state index is -2.70. The standard InChI is InChI=1S/C10H7NO5S/c12-11(13)10-3-1-2-7-4-5-8(6-9(7)10)16-17(14)15/h1-6H,(H,14,15)/p-1. The van der Waals surface area contributed by atoms with Crippen LogP contribution in [0.1, 0.15) is 0 Å². The summed E-state index contributed by atoms with van der Waals surface area (Å²) in [6.45, 7) is 0. The highest BCUT2D eigenvalue weighted by Gasteiger charge is 2.11. The number of nitro benzene ring substituents is 1. The summed E-state index contributed by atoms with van der Waals surface area (Å²) in [4.78, 5) is 10.3. The van der Waals surface area contributed by atoms with Crippen LogP contribution in [0.4, 0.5) is 5.69 Å². The molecule has 1 atom stereocenters. The molecular formula is C10H6NO5S-. The smallest absolute Gasteiger partial charge is 0.277 e. The topological polar surface area (TPSA) is 92.5 Å². The Hall–Kier alpha value is -1.99. The zero-order valence-corrected chi connectivity index (χ0v) is 9.18. The highest BCUT2D eigenvalue weighted by atomic mass is 32.2. The van der Waals surface area contributed by atoms with Gasteiger partial charge in [-0.25, -0.2) is 4.21 Å². The maximum absolute atomic E-state index is 10.8. The number of hydrogen-bond donors (Lipinski definition) is 0. The van der Waals surface area contributed by atoms with E-state index < -0.39 is 16.3 Å². The third-order valence-electron chi connectivity index (χ3n) is 2.19. The first kappa shape index (κ1) is 11.5. The summed E-state index contributed by atoms with van der Waals surface area (Å²) in [6.07, 6.45) is 0. The van der Waals surface area contributed by atoms with Crippen molar-refractivity contribution >= 4 is 27.8 Å². The van der Waals surface area contributed by atoms with E-state index in [2.05, 4.69) is 4.18 Å². The summed E-state index contributed by atoms with van der Waals surface area (Å²) in [6, 6.07) is 8.92. The average molecular weight is 252 g/mol. The molecule has 7 heteroatoms. The summed E-state index contributed by atoms with van der Waals surface area (Å²) in [7, 11) is 0. The van der Waals surface area contributed by atoms with Crippen LogP contribution in [0.3, 0.4) is 0 Å². The van der Waals surface area contributed by atoms with Gasteiger partial charge in [-0.1, -0.05) is 18.2 Å². The number of benzene rings is 2. The molecule has 0 saturated heterocycles. The Bertz CT molecular complexity index is 613. The van der Waals surface area contributed by atoms with Crippen molar-refractivity contribution in [1.82, 2.24) is 0 Å². The number of nitrogens with zero attached hydrogens (tertiary/aromatic N) is 1. The molecular weight excluding hydrogens is 246 g/mol. The maximum Gasteiger partial charge on any atom is 0.277 e. The van der Waals surface area contributed by atoms with Crippen LogP contribution in [-0.4, -0.2) is 13.7 Å². The van der Waals surface area contributed by atoms with Crippen LogP contribution < -0.4 is 4.18 Å². The predicted octanol–water partition coefficient (Wildman–Crippen LogP) is 1.92. The van der Waals surface area contributed by atoms with Crippen molar-refractivity contribution in [3.8, 4) is 5.75 Å². The van der Waals surface area contributed by atoms with Crippen molar-refractivity contribution in [3.63, 3.8) is 0 Å². The second kappa shape index (κ2) is 4.48. The van der Waals surface area contributed by atoms with Crippen molar-refractivity contribution < 1.29 is 17.9 Å². The second-order valence-corrected chi connectivity index (χ2v) is 3.78. The van der Waals surface area contributed by atoms with E-state index in [1.807, 2.05) is 0 Å². The van der Waals surface area contributed by atoms with Crippen LogP contribution in [0, 0.1) is 10.1 Å². The van der Waals surface area contributed by atoms with E-state index in [0.29, 0.717) is 10.8 Å². The number of rotatable bonds is 3. The van der Waals surface area contributed by atoms with Gasteiger partial charge in [-0.3, -0.25) is 10.1 Å². The largest absolute Gasteiger partial charge is 0.740 e. The van der Waals surface area contributed by atoms with E-state index in [4.69, 9.17) is 0 Å². The molecule has 0 aliphatic rings. The summed E-state index contributed by atoms with van der Waals surface area (Å²) in [5.41, 5.74) is -0.0929. The minimum absolute atomic E-state index is 0.0418. The minimum Gasteiger partial charge on any atom is -0.740 e. The van der Waals surface area contributed by atoms with Gasteiger partial charge in [-0.05, 0) is 17.5 Å². The molecule has 17 heavy (non-hydrogen) atoms. The molecule has 6 nitrogen and oxygen atoms in total. The maximum atomic E-state index is 10.8. The van der Waals surface area contributed by atoms with Crippen LogP contribution in [0.15, 0.2) is 36.4 Å². The SMILES string of the molecule is O=[N+]([O-])c1cccc2ccc(OS(=O)[O-])cc12. The van der Waals surface area contributed by atoms with Gasteiger partial charge in [0.15, 0.2) is 0 Å². The van der Waals surface area contributed by atoms with Gasteiger partial charge in [0.2, 0.25) is 0 Å². The number of non-ortho nitro benzene ring substituents is 1. The summed E-state index contributed by atoms with van der Waals surface area (Å²) in [5.74, 6) is 0.0418. The monoisotopic (exact) mass is 252 g/mol. The molecule has 0 N–H and O–H groups in total. The van der Waals surface area contributed by atoms with E-state index >= 15 is 0 Å². The quantitative estimate of drug-likeness (QED) is 0.472. The second-order valence-electron chi connectivity index (χ2n) is 3.20. The number of fused-ring (bicyclic) bond motifs is 1. The Morgan fingerprint density at radius 2 is 2.00 bits per heavy atom. The van der Waals surface area contributed by atoms with Gasteiger partial charge in [-0.15, -0.1) is 0 Å². The van der Waals surface area contributed by atoms with Crippen molar-refractivity contribution in [2.75, 3.05) is 0 Å². The molecule has 0 spiro atoms. The van der Waals surface area contributed by atoms with Gasteiger partial charge in [0, 0.05) is 6.07 Å². The molecule has 0 heterocycles. The predicted molar refractivity (Wildman–Crippen MR) is 60.2 cm³/mol. The highest BCUT2D eigenvalue weighted by Crippen LogP contribution is 2.28. The van der Waals surface area contributed by atoms with Crippen LogP contribution in [0.25, 0.3) is 10.8 Å². The van der Waals surface area contributed by atoms with Crippen LogP contribution in [-0.2, 0) is 11.4 Å². The molecule has 0 amide bonds. The fraction of sp³-hybridized carbons (Fsp3) is 0. The molecule has 0 fully saturated rings. The molecule has 2 aromatic carbocycles. The summed E-state index contributed by atoms with van der Waals surface area (Å²) < 4.78 is 25.2. The normalized spacial score (nSPS) is 12.3. The molecule has 0 aromatic heterocycles. The Balaban J connectivity index is 2.61. The summed E-state index contributed by atoms with van der Waals surface area (Å²) in [5, 5.41) is 11.8. The third-order valence-corrected chi connectivity index (χ3v) is 2.52. The first-order valence-electron chi connectivity index (χ1n) is 4.52. The van der Waals surface area contributed by atoms with Gasteiger partial charge in [0.25, 0.3) is 5.69 Å². The van der Waals surface area contributed by atoms with Crippen LogP contribution in [0.2, 0.25) is 0 Å². The first-order chi connectivity index (χ1) is 8.08. The zero-order chi connectivity index (χ0) is 12.4. The molecule has 2 rings (SSSR count). The van der Waals surface area contributed by atoms with Crippen molar-refractivity contribution in [2.24, 2.45) is 0 Å². The molecule has 0 aliphatic heterocycles. The van der Waals surface area contributed by atoms with Crippen molar-refractivity contribution in [1.29, 1.82) is 0 Å². The lowest BCUT2D eigenvalue weighted by atomic mass is 10.1. The molecule has 0 bridgehead atoms. The molecule has 0 radical (unpaired) electrons. The lowest BCUT2D eigenvalue weighted by Gasteiger charge is -2.07. The number of nitro groups is 1. The third kappa shape index (κ3) is 2.40. The molecule has 2 aromatic rings. The van der Waals surface area contributed by atoms with E-state index in [1.165, 1.54) is 18.2 Å². The molecule has 0 saturated carbocycles. The van der Waals surface area contributed by atoms with Crippen molar-refractivity contribution in [2.45, 2.75) is 0 Å². The van der Waals surface area contributed by atoms with Crippen molar-refractivity contribution in [3.05, 3.63) is 46.5 Å². The Morgan fingerprint density at radius 1 is 1.24 bits per heavy atom. The Labute approximate surface area is 98.5 Å². The molecule has 1 unspecified atom stereocenters. The lowest BCUT2D eigenvalue weighted by molar-refractivity contribution is -0.383. The van der Waals surface area contributed by atoms with E-state index in [-0.39, 0.29) is 11.4 Å². The van der Waals surface area contributed by atoms with E-state index in [1.54, 1.807) is 18.2 Å². The lowest BCUT2D eigenvalue weighted by Crippen LogP contribution is -1.98. The van der Waals surface area contributed by atoms with Crippen LogP contribution >= 0.6 is 0 Å². The molecule has 0 aliphatic carbocycles. The molecule has 88 valence electrons. The summed E-state index contributed by atoms with van der Waals surface area (Å²) >= 11 is -2.70. The first-order valence-corrected chi connectivity index (χ1v) is 5.52. The average Bonchev–Trinajstić information content (AvgIpc) is 2.27. The Morgan fingerprint density at radius 3 is 2.65 bits per heavy atom. The highest BCUT2D eigenvalue weighted by molar-refractivity contribution is 7.74. The van der Waals surface area contributed by atoms with Crippen LogP contribution in [0.5, 0.6) is 5.75 Å². The Kier molecular flexibility index (Phi) is 3.03. The fourth-order valence-electron chi connectivity index (χ4n) is 1.52. The van der Waals surface area contributed by atoms with Gasteiger partial charge < -0.3 is 8.74 Å². The van der Waals surface area contributed by atoms with E-state index in [9.17, 15) is 18.9 Å². The number of hydrogen-bond acceptors (Lipinski definition) is 5. The van der Waals surface area contributed by atoms with Gasteiger partial charge in [0.05, 0.1) is 10.3 Å². The van der Waals surface area contributed by atoms with Gasteiger partial charge in [-0.2, -0.15) is 0 Å². The van der Waals surface area contributed by atoms with E-state index in [0.717, 1.165) is 0 Å². The van der Waals surface area contributed by atoms with Gasteiger partial charge >= 0.3 is 0 Å². The fourth-order valence-corrected chi connectivity index (χ4v) is 1.79.